The molecule has 0 radical (unpaired) electrons. The molecule has 0 aliphatic carbocycles. The van der Waals surface area contributed by atoms with E-state index in [1.807, 2.05) is 30.0 Å². The predicted molar refractivity (Wildman–Crippen MR) is 87.5 cm³/mol. The highest BCUT2D eigenvalue weighted by Gasteiger charge is 2.29. The van der Waals surface area contributed by atoms with Crippen LogP contribution in [0.3, 0.4) is 0 Å². The van der Waals surface area contributed by atoms with Gasteiger partial charge in [0.15, 0.2) is 0 Å². The van der Waals surface area contributed by atoms with Crippen molar-refractivity contribution in [1.82, 2.24) is 9.47 Å². The molecule has 3 nitrogen and oxygen atoms in total. The Kier molecular flexibility index (Phi) is 3.66. The minimum atomic E-state index is 0.110. The third-order valence-corrected chi connectivity index (χ3v) is 5.31. The molecule has 0 spiro atoms. The number of halogens is 1. The molecule has 2 aromatic rings. The number of amides is 1. The van der Waals surface area contributed by atoms with Crippen molar-refractivity contribution in [2.24, 2.45) is 0 Å². The van der Waals surface area contributed by atoms with Crippen LogP contribution in [-0.4, -0.2) is 21.9 Å². The first-order valence-corrected chi connectivity index (χ1v) is 8.02. The van der Waals surface area contributed by atoms with Crippen molar-refractivity contribution in [1.29, 1.82) is 0 Å². The van der Waals surface area contributed by atoms with E-state index < -0.39 is 0 Å². The van der Waals surface area contributed by atoms with Crippen molar-refractivity contribution >= 4 is 21.8 Å². The number of rotatable bonds is 1. The van der Waals surface area contributed by atoms with E-state index in [1.54, 1.807) is 0 Å². The molecular weight excluding hydrogens is 328 g/mol. The summed E-state index contributed by atoms with van der Waals surface area (Å²) < 4.78 is 3.29. The standard InChI is InChI=1S/C17H19BrN2O/c1-11-7-8-16-13(3)20(10-9-19(11)16)17(21)14-5-4-6-15(18)12(14)2/h4-8,13H,9-10H2,1-3H3. The minimum Gasteiger partial charge on any atom is -0.345 e. The van der Waals surface area contributed by atoms with Crippen molar-refractivity contribution in [3.05, 3.63) is 57.3 Å². The largest absolute Gasteiger partial charge is 0.345 e. The maximum atomic E-state index is 12.9. The first kappa shape index (κ1) is 14.4. The van der Waals surface area contributed by atoms with Gasteiger partial charge in [-0.1, -0.05) is 22.0 Å². The number of hydrogen-bond acceptors (Lipinski definition) is 1. The van der Waals surface area contributed by atoms with E-state index in [0.717, 1.165) is 28.7 Å². The summed E-state index contributed by atoms with van der Waals surface area (Å²) in [6.45, 7) is 7.84. The van der Waals surface area contributed by atoms with Gasteiger partial charge in [-0.2, -0.15) is 0 Å². The van der Waals surface area contributed by atoms with Crippen LogP contribution in [0.25, 0.3) is 0 Å². The van der Waals surface area contributed by atoms with Crippen LogP contribution in [0.4, 0.5) is 0 Å². The van der Waals surface area contributed by atoms with Crippen LogP contribution in [0.1, 0.15) is 40.3 Å². The lowest BCUT2D eigenvalue weighted by molar-refractivity contribution is 0.0642. The van der Waals surface area contributed by atoms with Gasteiger partial charge in [0.2, 0.25) is 0 Å². The first-order valence-electron chi connectivity index (χ1n) is 7.23. The maximum Gasteiger partial charge on any atom is 0.254 e. The summed E-state index contributed by atoms with van der Waals surface area (Å²) in [4.78, 5) is 14.9. The number of nitrogens with zero attached hydrogens (tertiary/aromatic N) is 2. The van der Waals surface area contributed by atoms with E-state index in [1.165, 1.54) is 11.4 Å². The second-order valence-corrected chi connectivity index (χ2v) is 6.49. The van der Waals surface area contributed by atoms with Crippen molar-refractivity contribution in [3.63, 3.8) is 0 Å². The van der Waals surface area contributed by atoms with Crippen molar-refractivity contribution in [2.75, 3.05) is 6.54 Å². The normalized spacial score (nSPS) is 17.7. The third-order valence-electron chi connectivity index (χ3n) is 4.45. The van der Waals surface area contributed by atoms with Crippen LogP contribution in [0.2, 0.25) is 0 Å². The van der Waals surface area contributed by atoms with Gasteiger partial charge in [-0.3, -0.25) is 4.79 Å². The molecule has 1 aliphatic heterocycles. The van der Waals surface area contributed by atoms with Gasteiger partial charge < -0.3 is 9.47 Å². The lowest BCUT2D eigenvalue weighted by Crippen LogP contribution is -2.41. The summed E-state index contributed by atoms with van der Waals surface area (Å²) in [7, 11) is 0. The number of carbonyl (C=O) groups is 1. The van der Waals surface area contributed by atoms with Gasteiger partial charge >= 0.3 is 0 Å². The molecule has 2 heterocycles. The van der Waals surface area contributed by atoms with Gasteiger partial charge in [-0.05, 0) is 50.6 Å². The predicted octanol–water partition coefficient (Wildman–Crippen LogP) is 4.08. The molecule has 110 valence electrons. The number of aromatic nitrogens is 1. The van der Waals surface area contributed by atoms with Gasteiger partial charge in [-0.15, -0.1) is 0 Å². The Morgan fingerprint density at radius 2 is 1.95 bits per heavy atom. The fraction of sp³-hybridized carbons (Fsp3) is 0.353. The molecule has 1 aliphatic rings. The zero-order valence-electron chi connectivity index (χ0n) is 12.6. The Labute approximate surface area is 133 Å². The number of hydrogen-bond donors (Lipinski definition) is 0. The molecule has 3 rings (SSSR count). The van der Waals surface area contributed by atoms with E-state index in [2.05, 4.69) is 46.5 Å². The molecule has 0 fully saturated rings. The van der Waals surface area contributed by atoms with Crippen LogP contribution in [0.15, 0.2) is 34.8 Å². The first-order chi connectivity index (χ1) is 10.0. The molecule has 0 saturated carbocycles. The summed E-state index contributed by atoms with van der Waals surface area (Å²) in [5.74, 6) is 0.117. The summed E-state index contributed by atoms with van der Waals surface area (Å²) in [6, 6.07) is 10.2. The fourth-order valence-electron chi connectivity index (χ4n) is 3.09. The molecule has 1 amide bonds. The van der Waals surface area contributed by atoms with E-state index >= 15 is 0 Å². The van der Waals surface area contributed by atoms with Crippen LogP contribution < -0.4 is 0 Å². The summed E-state index contributed by atoms with van der Waals surface area (Å²) in [5.41, 5.74) is 4.28. The van der Waals surface area contributed by atoms with Crippen LogP contribution in [0.5, 0.6) is 0 Å². The third kappa shape index (κ3) is 2.31. The lowest BCUT2D eigenvalue weighted by Gasteiger charge is -2.36. The minimum absolute atomic E-state index is 0.110. The highest BCUT2D eigenvalue weighted by atomic mass is 79.9. The van der Waals surface area contributed by atoms with Crippen molar-refractivity contribution < 1.29 is 4.79 Å². The van der Waals surface area contributed by atoms with E-state index in [-0.39, 0.29) is 11.9 Å². The van der Waals surface area contributed by atoms with Crippen LogP contribution >= 0.6 is 15.9 Å². The highest BCUT2D eigenvalue weighted by molar-refractivity contribution is 9.10. The average molecular weight is 347 g/mol. The van der Waals surface area contributed by atoms with Gasteiger partial charge in [0.1, 0.15) is 0 Å². The highest BCUT2D eigenvalue weighted by Crippen LogP contribution is 2.30. The molecule has 4 heteroatoms. The molecule has 1 aromatic carbocycles. The van der Waals surface area contributed by atoms with Crippen LogP contribution in [-0.2, 0) is 6.54 Å². The van der Waals surface area contributed by atoms with Gasteiger partial charge in [0.25, 0.3) is 5.91 Å². The molecule has 21 heavy (non-hydrogen) atoms. The Morgan fingerprint density at radius 3 is 2.71 bits per heavy atom. The zero-order valence-corrected chi connectivity index (χ0v) is 14.1. The lowest BCUT2D eigenvalue weighted by atomic mass is 10.0. The van der Waals surface area contributed by atoms with Crippen molar-refractivity contribution in [3.8, 4) is 0 Å². The molecular formula is C17H19BrN2O. The quantitative estimate of drug-likeness (QED) is 0.763. The fourth-order valence-corrected chi connectivity index (χ4v) is 3.46. The number of fused-ring (bicyclic) bond motifs is 1. The summed E-state index contributed by atoms with van der Waals surface area (Å²) >= 11 is 3.51. The Bertz CT molecular complexity index is 705. The van der Waals surface area contributed by atoms with Crippen molar-refractivity contribution in [2.45, 2.75) is 33.4 Å². The summed E-state index contributed by atoms with van der Waals surface area (Å²) in [5, 5.41) is 0. The zero-order chi connectivity index (χ0) is 15.1. The van der Waals surface area contributed by atoms with Crippen LogP contribution in [0, 0.1) is 13.8 Å². The monoisotopic (exact) mass is 346 g/mol. The molecule has 0 bridgehead atoms. The smallest absolute Gasteiger partial charge is 0.254 e. The SMILES string of the molecule is Cc1c(Br)cccc1C(=O)N1CCn2c(C)ccc2C1C. The molecule has 1 atom stereocenters. The maximum absolute atomic E-state index is 12.9. The summed E-state index contributed by atoms with van der Waals surface area (Å²) in [6.07, 6.45) is 0. The van der Waals surface area contributed by atoms with E-state index in [4.69, 9.17) is 0 Å². The Hall–Kier alpha value is -1.55. The van der Waals surface area contributed by atoms with Gasteiger partial charge in [0, 0.05) is 34.5 Å². The molecule has 1 unspecified atom stereocenters. The Balaban J connectivity index is 1.95. The second kappa shape index (κ2) is 5.34. The molecule has 1 aromatic heterocycles. The number of carbonyl (C=O) groups excluding carboxylic acids is 1. The van der Waals surface area contributed by atoms with E-state index in [0.29, 0.717) is 0 Å². The number of aryl methyl sites for hydroxylation is 1. The topological polar surface area (TPSA) is 25.2 Å². The van der Waals surface area contributed by atoms with Gasteiger partial charge in [-0.25, -0.2) is 0 Å². The molecule has 0 saturated heterocycles. The number of benzene rings is 1. The average Bonchev–Trinajstić information content (AvgIpc) is 2.84. The van der Waals surface area contributed by atoms with Gasteiger partial charge in [0.05, 0.1) is 6.04 Å². The van der Waals surface area contributed by atoms with E-state index in [9.17, 15) is 4.79 Å². The Morgan fingerprint density at radius 1 is 1.19 bits per heavy atom. The molecule has 0 N–H and O–H groups in total. The second-order valence-electron chi connectivity index (χ2n) is 5.64.